The van der Waals surface area contributed by atoms with Gasteiger partial charge in [0.2, 0.25) is 5.91 Å². The Labute approximate surface area is 149 Å². The molecule has 2 amide bonds. The number of rotatable bonds is 5. The molecule has 128 valence electrons. The number of hydrogen-bond donors (Lipinski definition) is 1. The van der Waals surface area contributed by atoms with Crippen molar-refractivity contribution in [3.8, 4) is 0 Å². The van der Waals surface area contributed by atoms with Gasteiger partial charge in [-0.05, 0) is 56.6 Å². The summed E-state index contributed by atoms with van der Waals surface area (Å²) >= 11 is 2.62. The van der Waals surface area contributed by atoms with E-state index in [1.807, 2.05) is 38.3 Å². The van der Waals surface area contributed by atoms with E-state index < -0.39 is 6.04 Å². The summed E-state index contributed by atoms with van der Waals surface area (Å²) in [4.78, 5) is 28.5. The average molecular weight is 364 g/mol. The first-order chi connectivity index (χ1) is 11.4. The van der Waals surface area contributed by atoms with Gasteiger partial charge in [0.05, 0.1) is 0 Å². The highest BCUT2D eigenvalue weighted by Gasteiger charge is 2.43. The molecule has 0 radical (unpaired) electrons. The Kier molecular flexibility index (Phi) is 4.69. The number of aromatic nitrogens is 2. The van der Waals surface area contributed by atoms with E-state index in [0.29, 0.717) is 5.69 Å². The fraction of sp³-hybridized carbons (Fsp3) is 0.500. The predicted molar refractivity (Wildman–Crippen MR) is 94.1 cm³/mol. The second-order valence-electron chi connectivity index (χ2n) is 6.89. The van der Waals surface area contributed by atoms with Crippen LogP contribution in [0.4, 0.5) is 0 Å². The smallest absolute Gasteiger partial charge is 0.276 e. The predicted octanol–water partition coefficient (Wildman–Crippen LogP) is 2.86. The Morgan fingerprint density at radius 3 is 2.62 bits per heavy atom. The molecule has 1 N–H and O–H groups in total. The zero-order valence-electron chi connectivity index (χ0n) is 13.9. The van der Waals surface area contributed by atoms with E-state index >= 15 is 0 Å². The molecule has 24 heavy (non-hydrogen) atoms. The Hall–Kier alpha value is -1.80. The maximum absolute atomic E-state index is 13.0. The van der Waals surface area contributed by atoms with Gasteiger partial charge in [-0.2, -0.15) is 0 Å². The molecule has 2 aromatic heterocycles. The van der Waals surface area contributed by atoms with Crippen molar-refractivity contribution in [2.75, 3.05) is 0 Å². The average Bonchev–Trinajstić information content (AvgIpc) is 3.00. The molecular formula is C16H20N4O2S2. The number of carbonyl (C=O) groups excluding carboxylic acids is 2. The summed E-state index contributed by atoms with van der Waals surface area (Å²) in [5.74, 6) is -0.387. The number of hydrogen-bond acceptors (Lipinski definition) is 6. The molecule has 8 heteroatoms. The molecule has 1 aliphatic rings. The molecule has 0 unspecified atom stereocenters. The largest absolute Gasteiger partial charge is 0.349 e. The maximum Gasteiger partial charge on any atom is 0.276 e. The van der Waals surface area contributed by atoms with Gasteiger partial charge in [0.15, 0.2) is 5.69 Å². The molecule has 6 nitrogen and oxygen atoms in total. The molecule has 1 aliphatic carbocycles. The van der Waals surface area contributed by atoms with Crippen LogP contribution >= 0.6 is 22.9 Å². The lowest BCUT2D eigenvalue weighted by molar-refractivity contribution is -0.127. The molecule has 0 aliphatic heterocycles. The zero-order chi connectivity index (χ0) is 17.3. The lowest BCUT2D eigenvalue weighted by Gasteiger charge is -2.32. The van der Waals surface area contributed by atoms with E-state index in [-0.39, 0.29) is 23.4 Å². The van der Waals surface area contributed by atoms with Crippen molar-refractivity contribution in [3.05, 3.63) is 33.5 Å². The minimum atomic E-state index is -0.633. The molecule has 0 saturated heterocycles. The summed E-state index contributed by atoms with van der Waals surface area (Å²) in [6.45, 7) is 5.80. The van der Waals surface area contributed by atoms with E-state index in [1.165, 1.54) is 11.3 Å². The van der Waals surface area contributed by atoms with Crippen LogP contribution in [0.15, 0.2) is 22.9 Å². The Morgan fingerprint density at radius 2 is 2.12 bits per heavy atom. The summed E-state index contributed by atoms with van der Waals surface area (Å²) in [7, 11) is 0. The quantitative estimate of drug-likeness (QED) is 0.885. The van der Waals surface area contributed by atoms with Gasteiger partial charge in [-0.1, -0.05) is 10.6 Å². The van der Waals surface area contributed by atoms with Crippen molar-refractivity contribution in [2.45, 2.75) is 51.2 Å². The van der Waals surface area contributed by atoms with E-state index in [1.54, 1.807) is 10.3 Å². The molecule has 2 heterocycles. The second kappa shape index (κ2) is 6.60. The number of amides is 2. The van der Waals surface area contributed by atoms with Gasteiger partial charge in [0.1, 0.15) is 6.04 Å². The van der Waals surface area contributed by atoms with Gasteiger partial charge >= 0.3 is 0 Å². The highest BCUT2D eigenvalue weighted by Crippen LogP contribution is 2.37. The SMILES string of the molecule is CC(C)(C)NC(=O)[C@H](c1cccs1)N(C(=O)c1csnn1)C1CC1. The highest BCUT2D eigenvalue weighted by atomic mass is 32.1. The number of nitrogens with zero attached hydrogens (tertiary/aromatic N) is 3. The van der Waals surface area contributed by atoms with Crippen molar-refractivity contribution in [1.29, 1.82) is 0 Å². The first-order valence-corrected chi connectivity index (χ1v) is 9.53. The lowest BCUT2D eigenvalue weighted by atomic mass is 10.1. The summed E-state index contributed by atoms with van der Waals surface area (Å²) in [6.07, 6.45) is 1.82. The third-order valence-corrected chi connectivity index (χ3v) is 5.02. The summed E-state index contributed by atoms with van der Waals surface area (Å²) < 4.78 is 3.78. The fourth-order valence-corrected chi connectivity index (χ4v) is 3.77. The number of thiophene rings is 1. The summed E-state index contributed by atoms with van der Waals surface area (Å²) in [5.41, 5.74) is -0.0652. The first-order valence-electron chi connectivity index (χ1n) is 7.82. The standard InChI is InChI=1S/C16H20N4O2S2/c1-16(2,3)17-14(21)13(12-5-4-8-23-12)20(10-6-7-10)15(22)11-9-24-19-18-11/h4-5,8-10,13H,6-7H2,1-3H3,(H,17,21)/t13-/m0/s1. The van der Waals surface area contributed by atoms with Gasteiger partial charge in [-0.25, -0.2) is 0 Å². The van der Waals surface area contributed by atoms with E-state index in [0.717, 1.165) is 29.3 Å². The van der Waals surface area contributed by atoms with Crippen LogP contribution in [0.25, 0.3) is 0 Å². The molecule has 1 saturated carbocycles. The molecule has 2 aromatic rings. The van der Waals surface area contributed by atoms with Crippen molar-refractivity contribution >= 4 is 34.7 Å². The van der Waals surface area contributed by atoms with Crippen LogP contribution in [0.2, 0.25) is 0 Å². The summed E-state index contributed by atoms with van der Waals surface area (Å²) in [6, 6.07) is 3.25. The van der Waals surface area contributed by atoms with E-state index in [2.05, 4.69) is 14.9 Å². The number of nitrogens with one attached hydrogen (secondary N) is 1. The molecule has 1 atom stereocenters. The molecule has 0 spiro atoms. The minimum Gasteiger partial charge on any atom is -0.349 e. The monoisotopic (exact) mass is 364 g/mol. The molecular weight excluding hydrogens is 344 g/mol. The van der Waals surface area contributed by atoms with Gasteiger partial charge in [0, 0.05) is 21.8 Å². The van der Waals surface area contributed by atoms with Crippen LogP contribution in [-0.4, -0.2) is 37.9 Å². The van der Waals surface area contributed by atoms with E-state index in [9.17, 15) is 9.59 Å². The maximum atomic E-state index is 13.0. The van der Waals surface area contributed by atoms with Crippen molar-refractivity contribution in [1.82, 2.24) is 19.8 Å². The van der Waals surface area contributed by atoms with Gasteiger partial charge in [0.25, 0.3) is 5.91 Å². The van der Waals surface area contributed by atoms with Crippen LogP contribution in [0.5, 0.6) is 0 Å². The van der Waals surface area contributed by atoms with Gasteiger partial charge < -0.3 is 10.2 Å². The van der Waals surface area contributed by atoms with Crippen molar-refractivity contribution < 1.29 is 9.59 Å². The minimum absolute atomic E-state index is 0.0806. The Balaban J connectivity index is 1.96. The van der Waals surface area contributed by atoms with E-state index in [4.69, 9.17) is 0 Å². The van der Waals surface area contributed by atoms with Crippen molar-refractivity contribution in [2.24, 2.45) is 0 Å². The van der Waals surface area contributed by atoms with Crippen LogP contribution in [-0.2, 0) is 4.79 Å². The Bertz CT molecular complexity index is 703. The Morgan fingerprint density at radius 1 is 1.38 bits per heavy atom. The first kappa shape index (κ1) is 17.0. The summed E-state index contributed by atoms with van der Waals surface area (Å²) in [5, 5.41) is 10.5. The molecule has 3 rings (SSSR count). The molecule has 1 fully saturated rings. The van der Waals surface area contributed by atoms with Gasteiger partial charge in [-0.3, -0.25) is 9.59 Å². The number of carbonyl (C=O) groups is 2. The topological polar surface area (TPSA) is 75.2 Å². The second-order valence-corrected chi connectivity index (χ2v) is 8.48. The normalized spacial score (nSPS) is 15.8. The fourth-order valence-electron chi connectivity index (χ4n) is 2.51. The van der Waals surface area contributed by atoms with Gasteiger partial charge in [-0.15, -0.1) is 16.4 Å². The molecule has 0 aromatic carbocycles. The van der Waals surface area contributed by atoms with Crippen LogP contribution in [0.3, 0.4) is 0 Å². The van der Waals surface area contributed by atoms with Crippen LogP contribution in [0, 0.1) is 0 Å². The third-order valence-electron chi connectivity index (χ3n) is 3.59. The third kappa shape index (κ3) is 3.81. The van der Waals surface area contributed by atoms with Crippen molar-refractivity contribution in [3.63, 3.8) is 0 Å². The van der Waals surface area contributed by atoms with Crippen LogP contribution < -0.4 is 5.32 Å². The molecule has 0 bridgehead atoms. The zero-order valence-corrected chi connectivity index (χ0v) is 15.5. The van der Waals surface area contributed by atoms with Crippen LogP contribution in [0.1, 0.15) is 55.0 Å². The lowest BCUT2D eigenvalue weighted by Crippen LogP contribution is -2.49. The highest BCUT2D eigenvalue weighted by molar-refractivity contribution is 7.10.